The molecule has 1 fully saturated rings. The Hall–Kier alpha value is -1.26. The van der Waals surface area contributed by atoms with Gasteiger partial charge in [0.05, 0.1) is 6.61 Å². The number of phenols is 1. The topological polar surface area (TPSA) is 44.7 Å². The van der Waals surface area contributed by atoms with Gasteiger partial charge in [-0.3, -0.25) is 4.90 Å². The summed E-state index contributed by atoms with van der Waals surface area (Å²) in [7, 11) is 2.10. The first kappa shape index (κ1) is 13.2. The summed E-state index contributed by atoms with van der Waals surface area (Å²) >= 11 is 0. The van der Waals surface area contributed by atoms with Crippen molar-refractivity contribution in [1.29, 1.82) is 0 Å². The molecule has 0 aromatic heterocycles. The molecule has 1 aliphatic rings. The smallest absolute Gasteiger partial charge is 0.162 e. The maximum atomic E-state index is 10.1. The predicted octanol–water partition coefficient (Wildman–Crippen LogP) is 1.58. The molecule has 1 heterocycles. The Labute approximate surface area is 109 Å². The molecule has 1 saturated heterocycles. The second kappa shape index (κ2) is 6.07. The van der Waals surface area contributed by atoms with E-state index in [1.807, 2.05) is 19.1 Å². The molecule has 1 unspecified atom stereocenters. The molecule has 0 radical (unpaired) electrons. The molecular formula is C14H22N2O2. The van der Waals surface area contributed by atoms with Gasteiger partial charge in [-0.1, -0.05) is 12.1 Å². The van der Waals surface area contributed by atoms with Gasteiger partial charge in [-0.25, -0.2) is 0 Å². The number of phenolic OH excluding ortho intramolecular Hbond substituents is 1. The minimum atomic E-state index is 0.275. The van der Waals surface area contributed by atoms with Gasteiger partial charge in [-0.05, 0) is 33.0 Å². The third-order valence-electron chi connectivity index (χ3n) is 3.46. The number of para-hydroxylation sites is 1. The number of aromatic hydroxyl groups is 1. The van der Waals surface area contributed by atoms with Crippen LogP contribution >= 0.6 is 0 Å². The molecule has 2 rings (SSSR count). The fourth-order valence-electron chi connectivity index (χ4n) is 2.38. The average molecular weight is 250 g/mol. The number of rotatable bonds is 5. The summed E-state index contributed by atoms with van der Waals surface area (Å²) in [5.41, 5.74) is 0.926. The second-order valence-electron chi connectivity index (χ2n) is 4.76. The van der Waals surface area contributed by atoms with E-state index in [2.05, 4.69) is 17.3 Å². The van der Waals surface area contributed by atoms with E-state index in [0.717, 1.165) is 25.2 Å². The van der Waals surface area contributed by atoms with E-state index in [1.165, 1.54) is 6.42 Å². The summed E-state index contributed by atoms with van der Waals surface area (Å²) in [5.74, 6) is 0.852. The Morgan fingerprint density at radius 1 is 1.50 bits per heavy atom. The molecule has 1 aliphatic heterocycles. The van der Waals surface area contributed by atoms with Crippen LogP contribution in [0.4, 0.5) is 0 Å². The average Bonchev–Trinajstić information content (AvgIpc) is 2.88. The van der Waals surface area contributed by atoms with Gasteiger partial charge in [0.2, 0.25) is 0 Å². The monoisotopic (exact) mass is 250 g/mol. The first-order valence-electron chi connectivity index (χ1n) is 6.57. The van der Waals surface area contributed by atoms with Gasteiger partial charge < -0.3 is 15.2 Å². The zero-order chi connectivity index (χ0) is 13.0. The summed E-state index contributed by atoms with van der Waals surface area (Å²) in [5, 5.41) is 13.5. The molecule has 2 N–H and O–H groups in total. The van der Waals surface area contributed by atoms with Crippen LogP contribution in [0, 0.1) is 0 Å². The highest BCUT2D eigenvalue weighted by Crippen LogP contribution is 2.30. The van der Waals surface area contributed by atoms with E-state index in [9.17, 15) is 5.11 Å². The van der Waals surface area contributed by atoms with Crippen LogP contribution in [0.1, 0.15) is 18.9 Å². The largest absolute Gasteiger partial charge is 0.504 e. The van der Waals surface area contributed by atoms with E-state index < -0.39 is 0 Å². The van der Waals surface area contributed by atoms with Crippen molar-refractivity contribution in [2.45, 2.75) is 25.9 Å². The van der Waals surface area contributed by atoms with Crippen LogP contribution < -0.4 is 10.1 Å². The molecule has 0 saturated carbocycles. The summed E-state index contributed by atoms with van der Waals surface area (Å²) in [6.07, 6.45) is 1.17. The molecule has 0 bridgehead atoms. The van der Waals surface area contributed by atoms with E-state index >= 15 is 0 Å². The molecule has 0 spiro atoms. The van der Waals surface area contributed by atoms with Gasteiger partial charge >= 0.3 is 0 Å². The van der Waals surface area contributed by atoms with Crippen molar-refractivity contribution < 1.29 is 9.84 Å². The first-order valence-corrected chi connectivity index (χ1v) is 6.57. The Morgan fingerprint density at radius 2 is 2.33 bits per heavy atom. The number of hydrogen-bond acceptors (Lipinski definition) is 4. The van der Waals surface area contributed by atoms with Gasteiger partial charge in [0, 0.05) is 24.7 Å². The zero-order valence-electron chi connectivity index (χ0n) is 11.1. The summed E-state index contributed by atoms with van der Waals surface area (Å²) in [6, 6.07) is 6.25. The highest BCUT2D eigenvalue weighted by atomic mass is 16.5. The van der Waals surface area contributed by atoms with Crippen LogP contribution in [0.25, 0.3) is 0 Å². The lowest BCUT2D eigenvalue weighted by Crippen LogP contribution is -2.32. The van der Waals surface area contributed by atoms with Crippen LogP contribution in [-0.2, 0) is 6.54 Å². The molecule has 0 amide bonds. The van der Waals surface area contributed by atoms with Crippen molar-refractivity contribution in [2.24, 2.45) is 0 Å². The number of hydrogen-bond donors (Lipinski definition) is 2. The van der Waals surface area contributed by atoms with Gasteiger partial charge in [0.15, 0.2) is 11.5 Å². The third-order valence-corrected chi connectivity index (χ3v) is 3.46. The first-order chi connectivity index (χ1) is 8.72. The van der Waals surface area contributed by atoms with Crippen LogP contribution in [0.5, 0.6) is 11.5 Å². The van der Waals surface area contributed by atoms with Crippen LogP contribution in [0.3, 0.4) is 0 Å². The Balaban J connectivity index is 2.06. The van der Waals surface area contributed by atoms with Crippen molar-refractivity contribution in [3.63, 3.8) is 0 Å². The molecule has 1 aromatic rings. The highest BCUT2D eigenvalue weighted by molar-refractivity contribution is 5.45. The van der Waals surface area contributed by atoms with Crippen molar-refractivity contribution >= 4 is 0 Å². The maximum absolute atomic E-state index is 10.1. The van der Waals surface area contributed by atoms with E-state index in [1.54, 1.807) is 6.07 Å². The van der Waals surface area contributed by atoms with E-state index in [-0.39, 0.29) is 5.75 Å². The van der Waals surface area contributed by atoms with Crippen LogP contribution in [0.15, 0.2) is 18.2 Å². The predicted molar refractivity (Wildman–Crippen MR) is 72.0 cm³/mol. The SMILES string of the molecule is CCOc1cccc(CN(C)C2CCNC2)c1O. The Morgan fingerprint density at radius 3 is 3.00 bits per heavy atom. The standard InChI is InChI=1S/C14H22N2O2/c1-3-18-13-6-4-5-11(14(13)17)10-16(2)12-7-8-15-9-12/h4-6,12,15,17H,3,7-10H2,1-2H3. The number of likely N-dealkylation sites (N-methyl/N-ethyl adjacent to an activating group) is 1. The third kappa shape index (κ3) is 2.94. The second-order valence-corrected chi connectivity index (χ2v) is 4.76. The molecule has 0 aliphatic carbocycles. The Kier molecular flexibility index (Phi) is 4.44. The summed E-state index contributed by atoms with van der Waals surface area (Å²) in [4.78, 5) is 2.28. The molecular weight excluding hydrogens is 228 g/mol. The van der Waals surface area contributed by atoms with Crippen LogP contribution in [0.2, 0.25) is 0 Å². The van der Waals surface area contributed by atoms with Crippen molar-refractivity contribution in [3.05, 3.63) is 23.8 Å². The van der Waals surface area contributed by atoms with Gasteiger partial charge in [0.25, 0.3) is 0 Å². The summed E-state index contributed by atoms with van der Waals surface area (Å²) < 4.78 is 5.40. The quantitative estimate of drug-likeness (QED) is 0.833. The number of benzene rings is 1. The van der Waals surface area contributed by atoms with E-state index in [4.69, 9.17) is 4.74 Å². The van der Waals surface area contributed by atoms with Crippen molar-refractivity contribution in [2.75, 3.05) is 26.7 Å². The minimum Gasteiger partial charge on any atom is -0.504 e. The molecule has 1 aromatic carbocycles. The maximum Gasteiger partial charge on any atom is 0.162 e. The van der Waals surface area contributed by atoms with E-state index in [0.29, 0.717) is 18.4 Å². The van der Waals surface area contributed by atoms with Gasteiger partial charge in [-0.15, -0.1) is 0 Å². The van der Waals surface area contributed by atoms with Crippen molar-refractivity contribution in [1.82, 2.24) is 10.2 Å². The van der Waals surface area contributed by atoms with Gasteiger partial charge in [0.1, 0.15) is 0 Å². The lowest BCUT2D eigenvalue weighted by molar-refractivity contribution is 0.243. The fraction of sp³-hybridized carbons (Fsp3) is 0.571. The Bertz CT molecular complexity index is 389. The molecule has 1 atom stereocenters. The number of nitrogens with one attached hydrogen (secondary N) is 1. The molecule has 4 nitrogen and oxygen atoms in total. The highest BCUT2D eigenvalue weighted by Gasteiger charge is 2.20. The fourth-order valence-corrected chi connectivity index (χ4v) is 2.38. The van der Waals surface area contributed by atoms with Gasteiger partial charge in [-0.2, -0.15) is 0 Å². The minimum absolute atomic E-state index is 0.275. The van der Waals surface area contributed by atoms with Crippen molar-refractivity contribution in [3.8, 4) is 11.5 Å². The molecule has 18 heavy (non-hydrogen) atoms. The zero-order valence-corrected chi connectivity index (χ0v) is 11.1. The van der Waals surface area contributed by atoms with Crippen LogP contribution in [-0.4, -0.2) is 42.8 Å². The number of nitrogens with zero attached hydrogens (tertiary/aromatic N) is 1. The summed E-state index contributed by atoms with van der Waals surface area (Å²) in [6.45, 7) is 5.35. The lowest BCUT2D eigenvalue weighted by atomic mass is 10.1. The molecule has 100 valence electrons. The molecule has 4 heteroatoms. The normalized spacial score (nSPS) is 19.4. The number of ether oxygens (including phenoxy) is 1. The lowest BCUT2D eigenvalue weighted by Gasteiger charge is -2.24.